The van der Waals surface area contributed by atoms with Gasteiger partial charge < -0.3 is 10.3 Å². The Balaban J connectivity index is 2.10. The van der Waals surface area contributed by atoms with Crippen LogP contribution in [0.1, 0.15) is 49.9 Å². The van der Waals surface area contributed by atoms with Gasteiger partial charge in [0.05, 0.1) is 5.52 Å². The van der Waals surface area contributed by atoms with Crippen molar-refractivity contribution >= 4 is 26.8 Å². The third-order valence-electron chi connectivity index (χ3n) is 4.06. The number of H-pyrrole nitrogens is 1. The molecule has 0 saturated heterocycles. The van der Waals surface area contributed by atoms with Crippen LogP contribution in [0.5, 0.6) is 0 Å². The highest BCUT2D eigenvalue weighted by atomic mass is 79.9. The Morgan fingerprint density at radius 3 is 3.11 bits per heavy atom. The van der Waals surface area contributed by atoms with Gasteiger partial charge in [0.2, 0.25) is 0 Å². The van der Waals surface area contributed by atoms with E-state index in [2.05, 4.69) is 51.4 Å². The van der Waals surface area contributed by atoms with Gasteiger partial charge in [0.15, 0.2) is 0 Å². The van der Waals surface area contributed by atoms with Crippen LogP contribution in [0.3, 0.4) is 0 Å². The number of hydrogen-bond acceptors (Lipinski definition) is 1. The van der Waals surface area contributed by atoms with Crippen molar-refractivity contribution in [2.45, 2.75) is 45.1 Å². The van der Waals surface area contributed by atoms with E-state index in [-0.39, 0.29) is 0 Å². The Morgan fingerprint density at radius 2 is 2.26 bits per heavy atom. The summed E-state index contributed by atoms with van der Waals surface area (Å²) < 4.78 is 1.17. The van der Waals surface area contributed by atoms with Crippen molar-refractivity contribution in [2.75, 3.05) is 6.54 Å². The van der Waals surface area contributed by atoms with Gasteiger partial charge >= 0.3 is 0 Å². The normalized spacial score (nSPS) is 19.4. The van der Waals surface area contributed by atoms with Gasteiger partial charge in [-0.2, -0.15) is 0 Å². The van der Waals surface area contributed by atoms with Crippen molar-refractivity contribution in [2.24, 2.45) is 0 Å². The Labute approximate surface area is 123 Å². The maximum absolute atomic E-state index is 3.73. The van der Waals surface area contributed by atoms with E-state index < -0.39 is 0 Å². The monoisotopic (exact) mass is 320 g/mol. The molecule has 1 unspecified atom stereocenters. The van der Waals surface area contributed by atoms with Crippen LogP contribution in [0.2, 0.25) is 0 Å². The quantitative estimate of drug-likeness (QED) is 0.788. The number of halogens is 1. The van der Waals surface area contributed by atoms with Crippen LogP contribution in [0.25, 0.3) is 10.9 Å². The molecule has 3 rings (SSSR count). The SMILES string of the molecule is CCCNC1CCCCc2[nH]c3c(Br)cccc3c21. The van der Waals surface area contributed by atoms with E-state index in [4.69, 9.17) is 0 Å². The summed E-state index contributed by atoms with van der Waals surface area (Å²) in [7, 11) is 0. The second-order valence-corrected chi connectivity index (χ2v) is 6.29. The van der Waals surface area contributed by atoms with Crippen LogP contribution in [-0.4, -0.2) is 11.5 Å². The highest BCUT2D eigenvalue weighted by Gasteiger charge is 2.23. The van der Waals surface area contributed by atoms with E-state index in [9.17, 15) is 0 Å². The first-order valence-electron chi connectivity index (χ1n) is 7.33. The fourth-order valence-electron chi connectivity index (χ4n) is 3.17. The van der Waals surface area contributed by atoms with Crippen molar-refractivity contribution in [1.82, 2.24) is 10.3 Å². The van der Waals surface area contributed by atoms with Gasteiger partial charge in [0.25, 0.3) is 0 Å². The summed E-state index contributed by atoms with van der Waals surface area (Å²) in [5.74, 6) is 0. The lowest BCUT2D eigenvalue weighted by Crippen LogP contribution is -2.22. The lowest BCUT2D eigenvalue weighted by Gasteiger charge is -2.17. The smallest absolute Gasteiger partial charge is 0.0603 e. The molecule has 0 spiro atoms. The summed E-state index contributed by atoms with van der Waals surface area (Å²) >= 11 is 3.66. The lowest BCUT2D eigenvalue weighted by molar-refractivity contribution is 0.492. The van der Waals surface area contributed by atoms with Crippen LogP contribution in [0.4, 0.5) is 0 Å². The molecular formula is C16H21BrN2. The minimum absolute atomic E-state index is 0.514. The topological polar surface area (TPSA) is 27.8 Å². The molecule has 2 aromatic rings. The molecule has 0 fully saturated rings. The Hall–Kier alpha value is -0.800. The first kappa shape index (κ1) is 13.2. The summed E-state index contributed by atoms with van der Waals surface area (Å²) in [5, 5.41) is 5.12. The van der Waals surface area contributed by atoms with E-state index >= 15 is 0 Å². The lowest BCUT2D eigenvalue weighted by atomic mass is 10.0. The van der Waals surface area contributed by atoms with Crippen molar-refractivity contribution in [1.29, 1.82) is 0 Å². The van der Waals surface area contributed by atoms with Gasteiger partial charge in [-0.05, 0) is 59.8 Å². The zero-order valence-electron chi connectivity index (χ0n) is 11.4. The molecule has 3 heteroatoms. The standard InChI is InChI=1S/C16H21BrN2/c1-2-10-18-13-8-3-4-9-14-15(13)11-6-5-7-12(17)16(11)19-14/h5-7,13,18-19H,2-4,8-10H2,1H3. The first-order chi connectivity index (χ1) is 9.31. The van der Waals surface area contributed by atoms with Crippen LogP contribution in [0, 0.1) is 0 Å². The number of aromatic amines is 1. The third-order valence-corrected chi connectivity index (χ3v) is 4.72. The van der Waals surface area contributed by atoms with Crippen molar-refractivity contribution in [3.8, 4) is 0 Å². The Bertz CT molecular complexity index is 573. The first-order valence-corrected chi connectivity index (χ1v) is 8.13. The zero-order chi connectivity index (χ0) is 13.2. The Morgan fingerprint density at radius 1 is 1.37 bits per heavy atom. The van der Waals surface area contributed by atoms with Gasteiger partial charge in [-0.15, -0.1) is 0 Å². The molecule has 19 heavy (non-hydrogen) atoms. The molecule has 0 bridgehead atoms. The average molecular weight is 321 g/mol. The second-order valence-electron chi connectivity index (χ2n) is 5.43. The minimum atomic E-state index is 0.514. The fraction of sp³-hybridized carbons (Fsp3) is 0.500. The largest absolute Gasteiger partial charge is 0.357 e. The van der Waals surface area contributed by atoms with Crippen molar-refractivity contribution in [3.05, 3.63) is 33.9 Å². The van der Waals surface area contributed by atoms with E-state index in [0.717, 1.165) is 6.54 Å². The molecule has 0 amide bonds. The highest BCUT2D eigenvalue weighted by Crippen LogP contribution is 2.36. The number of fused-ring (bicyclic) bond motifs is 3. The fourth-order valence-corrected chi connectivity index (χ4v) is 3.63. The summed E-state index contributed by atoms with van der Waals surface area (Å²) in [5.41, 5.74) is 4.22. The number of aryl methyl sites for hydroxylation is 1. The van der Waals surface area contributed by atoms with Crippen LogP contribution >= 0.6 is 15.9 Å². The van der Waals surface area contributed by atoms with Crippen molar-refractivity contribution < 1.29 is 0 Å². The van der Waals surface area contributed by atoms with Gasteiger partial charge in [-0.3, -0.25) is 0 Å². The average Bonchev–Trinajstić information content (AvgIpc) is 2.67. The molecule has 0 saturated carbocycles. The predicted octanol–water partition coefficient (Wildman–Crippen LogP) is 4.70. The highest BCUT2D eigenvalue weighted by molar-refractivity contribution is 9.10. The minimum Gasteiger partial charge on any atom is -0.357 e. The molecule has 102 valence electrons. The zero-order valence-corrected chi connectivity index (χ0v) is 13.0. The molecule has 0 aliphatic heterocycles. The maximum atomic E-state index is 3.73. The molecule has 1 aliphatic carbocycles. The second kappa shape index (κ2) is 5.68. The van der Waals surface area contributed by atoms with Gasteiger partial charge in [0, 0.05) is 21.6 Å². The molecule has 0 radical (unpaired) electrons. The van der Waals surface area contributed by atoms with Crippen LogP contribution in [-0.2, 0) is 6.42 Å². The van der Waals surface area contributed by atoms with E-state index in [0.29, 0.717) is 6.04 Å². The summed E-state index contributed by atoms with van der Waals surface area (Å²) in [6.07, 6.45) is 6.24. The summed E-state index contributed by atoms with van der Waals surface area (Å²) in [4.78, 5) is 3.64. The molecule has 1 aromatic heterocycles. The molecule has 1 heterocycles. The Kier molecular flexibility index (Phi) is 3.94. The maximum Gasteiger partial charge on any atom is 0.0603 e. The third kappa shape index (κ3) is 2.46. The number of benzene rings is 1. The van der Waals surface area contributed by atoms with Crippen molar-refractivity contribution in [3.63, 3.8) is 0 Å². The summed E-state index contributed by atoms with van der Waals surface area (Å²) in [6, 6.07) is 7.02. The van der Waals surface area contributed by atoms with Gasteiger partial charge in [-0.25, -0.2) is 0 Å². The molecular weight excluding hydrogens is 300 g/mol. The molecule has 2 N–H and O–H groups in total. The number of nitrogens with one attached hydrogen (secondary N) is 2. The number of aromatic nitrogens is 1. The van der Waals surface area contributed by atoms with Crippen LogP contribution < -0.4 is 5.32 Å². The van der Waals surface area contributed by atoms with E-state index in [1.54, 1.807) is 0 Å². The molecule has 1 aromatic carbocycles. The van der Waals surface area contributed by atoms with E-state index in [1.807, 2.05) is 0 Å². The number of hydrogen-bond donors (Lipinski definition) is 2. The van der Waals surface area contributed by atoms with Gasteiger partial charge in [0.1, 0.15) is 0 Å². The molecule has 1 aliphatic rings. The van der Waals surface area contributed by atoms with Crippen LogP contribution in [0.15, 0.2) is 22.7 Å². The van der Waals surface area contributed by atoms with E-state index in [1.165, 1.54) is 58.7 Å². The molecule has 1 atom stereocenters. The summed E-state index contributed by atoms with van der Waals surface area (Å²) in [6.45, 7) is 3.33. The van der Waals surface area contributed by atoms with Gasteiger partial charge in [-0.1, -0.05) is 25.5 Å². The predicted molar refractivity (Wildman–Crippen MR) is 84.6 cm³/mol. The number of para-hydroxylation sites is 1. The molecule has 2 nitrogen and oxygen atoms in total. The number of rotatable bonds is 3.